The fourth-order valence-electron chi connectivity index (χ4n) is 1.49. The number of methoxy groups -OCH3 is 1. The van der Waals surface area contributed by atoms with Crippen LogP contribution >= 0.6 is 0 Å². The largest absolute Gasteiger partial charge is 0.504 e. The van der Waals surface area contributed by atoms with Crippen LogP contribution in [0.1, 0.15) is 12.0 Å². The third-order valence-corrected chi connectivity index (χ3v) is 2.44. The van der Waals surface area contributed by atoms with Gasteiger partial charge in [-0.3, -0.25) is 0 Å². The molecular weight excluding hydrogens is 180 g/mol. The van der Waals surface area contributed by atoms with E-state index in [1.807, 2.05) is 12.1 Å². The number of hydrogen-bond donors (Lipinski definition) is 1. The predicted molar refractivity (Wildman–Crippen MR) is 52.7 cm³/mol. The Balaban J connectivity index is 2.06. The van der Waals surface area contributed by atoms with E-state index in [-0.39, 0.29) is 5.75 Å². The smallest absolute Gasteiger partial charge is 0.160 e. The Morgan fingerprint density at radius 1 is 1.57 bits per heavy atom. The molecule has 0 radical (unpaired) electrons. The molecule has 1 saturated heterocycles. The van der Waals surface area contributed by atoms with Gasteiger partial charge in [-0.15, -0.1) is 0 Å². The van der Waals surface area contributed by atoms with E-state index in [0.29, 0.717) is 11.9 Å². The zero-order valence-corrected chi connectivity index (χ0v) is 8.19. The molecule has 1 fully saturated rings. The summed E-state index contributed by atoms with van der Waals surface area (Å²) in [6.45, 7) is 0.866. The summed E-state index contributed by atoms with van der Waals surface area (Å²) >= 11 is 0. The first kappa shape index (κ1) is 9.34. The third kappa shape index (κ3) is 1.99. The molecule has 1 aliphatic heterocycles. The van der Waals surface area contributed by atoms with Crippen molar-refractivity contribution in [1.82, 2.24) is 0 Å². The van der Waals surface area contributed by atoms with Gasteiger partial charge < -0.3 is 14.6 Å². The Morgan fingerprint density at radius 3 is 3.00 bits per heavy atom. The lowest BCUT2D eigenvalue weighted by Gasteiger charge is -2.07. The Morgan fingerprint density at radius 2 is 2.36 bits per heavy atom. The van der Waals surface area contributed by atoms with E-state index in [1.165, 1.54) is 0 Å². The van der Waals surface area contributed by atoms with Crippen LogP contribution in [-0.4, -0.2) is 24.9 Å². The van der Waals surface area contributed by atoms with E-state index in [0.717, 1.165) is 25.0 Å². The quantitative estimate of drug-likeness (QED) is 0.742. The van der Waals surface area contributed by atoms with Gasteiger partial charge >= 0.3 is 0 Å². The fourth-order valence-corrected chi connectivity index (χ4v) is 1.49. The normalized spacial score (nSPS) is 19.4. The van der Waals surface area contributed by atoms with E-state index in [4.69, 9.17) is 9.47 Å². The highest BCUT2D eigenvalue weighted by Gasteiger charge is 2.22. The molecule has 1 heterocycles. The van der Waals surface area contributed by atoms with E-state index in [2.05, 4.69) is 0 Å². The minimum Gasteiger partial charge on any atom is -0.504 e. The van der Waals surface area contributed by atoms with E-state index in [9.17, 15) is 5.11 Å². The summed E-state index contributed by atoms with van der Waals surface area (Å²) in [6.07, 6.45) is 2.22. The molecule has 1 aliphatic rings. The Kier molecular flexibility index (Phi) is 2.59. The highest BCUT2D eigenvalue weighted by molar-refractivity contribution is 5.45. The van der Waals surface area contributed by atoms with Crippen molar-refractivity contribution in [2.75, 3.05) is 13.7 Å². The molecule has 1 atom stereocenters. The van der Waals surface area contributed by atoms with Crippen molar-refractivity contribution < 1.29 is 14.6 Å². The van der Waals surface area contributed by atoms with Gasteiger partial charge in [0.05, 0.1) is 19.8 Å². The fraction of sp³-hybridized carbons (Fsp3) is 0.455. The van der Waals surface area contributed by atoms with Crippen molar-refractivity contribution in [3.05, 3.63) is 23.8 Å². The van der Waals surface area contributed by atoms with Crippen LogP contribution in [-0.2, 0) is 11.2 Å². The van der Waals surface area contributed by atoms with Crippen LogP contribution in [0, 0.1) is 0 Å². The first-order valence-electron chi connectivity index (χ1n) is 4.77. The van der Waals surface area contributed by atoms with Gasteiger partial charge in [0, 0.05) is 0 Å². The van der Waals surface area contributed by atoms with Crippen LogP contribution < -0.4 is 4.74 Å². The number of benzene rings is 1. The molecule has 0 bridgehead atoms. The standard InChI is InChI=1S/C11H14O3/c1-13-10-4-2-3-8(11(10)12)5-6-9-7-14-9/h2-4,9,12H,5-7H2,1H3. The summed E-state index contributed by atoms with van der Waals surface area (Å²) in [5.74, 6) is 0.801. The average molecular weight is 194 g/mol. The van der Waals surface area contributed by atoms with Gasteiger partial charge in [0.2, 0.25) is 0 Å². The number of epoxide rings is 1. The topological polar surface area (TPSA) is 42.0 Å². The predicted octanol–water partition coefficient (Wildman–Crippen LogP) is 1.73. The van der Waals surface area contributed by atoms with E-state index < -0.39 is 0 Å². The summed E-state index contributed by atoms with van der Waals surface area (Å²) in [5, 5.41) is 9.76. The maximum absolute atomic E-state index is 9.76. The summed E-state index contributed by atoms with van der Waals surface area (Å²) in [6, 6.07) is 5.56. The number of aryl methyl sites for hydroxylation is 1. The zero-order valence-electron chi connectivity index (χ0n) is 8.19. The highest BCUT2D eigenvalue weighted by atomic mass is 16.6. The lowest BCUT2D eigenvalue weighted by molar-refractivity contribution is 0.367. The monoisotopic (exact) mass is 194 g/mol. The summed E-state index contributed by atoms with van der Waals surface area (Å²) in [4.78, 5) is 0. The number of ether oxygens (including phenoxy) is 2. The van der Waals surface area contributed by atoms with Gasteiger partial charge in [-0.05, 0) is 24.5 Å². The molecule has 3 nitrogen and oxygen atoms in total. The molecule has 0 saturated carbocycles. The van der Waals surface area contributed by atoms with Gasteiger partial charge in [0.15, 0.2) is 11.5 Å². The van der Waals surface area contributed by atoms with Gasteiger partial charge in [-0.1, -0.05) is 12.1 Å². The molecule has 0 spiro atoms. The molecule has 1 aromatic carbocycles. The molecule has 1 aromatic rings. The van der Waals surface area contributed by atoms with Gasteiger partial charge in [-0.2, -0.15) is 0 Å². The summed E-state index contributed by atoms with van der Waals surface area (Å²) < 4.78 is 10.1. The van der Waals surface area contributed by atoms with Crippen molar-refractivity contribution in [2.45, 2.75) is 18.9 Å². The van der Waals surface area contributed by atoms with Crippen LogP contribution in [0.15, 0.2) is 18.2 Å². The summed E-state index contributed by atoms with van der Waals surface area (Å²) in [7, 11) is 1.56. The first-order chi connectivity index (χ1) is 6.81. The molecule has 1 N–H and O–H groups in total. The van der Waals surface area contributed by atoms with Crippen molar-refractivity contribution in [1.29, 1.82) is 0 Å². The average Bonchev–Trinajstić information content (AvgIpc) is 3.00. The molecule has 76 valence electrons. The number of hydrogen-bond acceptors (Lipinski definition) is 3. The minimum atomic E-state index is 0.260. The lowest BCUT2D eigenvalue weighted by atomic mass is 10.1. The Hall–Kier alpha value is -1.22. The zero-order chi connectivity index (χ0) is 9.97. The molecule has 1 unspecified atom stereocenters. The SMILES string of the molecule is COc1cccc(CCC2CO2)c1O. The molecule has 2 rings (SSSR count). The minimum absolute atomic E-state index is 0.260. The lowest BCUT2D eigenvalue weighted by Crippen LogP contribution is -1.93. The van der Waals surface area contributed by atoms with Crippen LogP contribution in [0.25, 0.3) is 0 Å². The second-order valence-electron chi connectivity index (χ2n) is 3.46. The Labute approximate surface area is 83.3 Å². The molecule has 3 heteroatoms. The van der Waals surface area contributed by atoms with Crippen molar-refractivity contribution in [3.8, 4) is 11.5 Å². The van der Waals surface area contributed by atoms with Crippen molar-refractivity contribution in [2.24, 2.45) is 0 Å². The first-order valence-corrected chi connectivity index (χ1v) is 4.77. The van der Waals surface area contributed by atoms with Gasteiger partial charge in [-0.25, -0.2) is 0 Å². The van der Waals surface area contributed by atoms with Crippen molar-refractivity contribution in [3.63, 3.8) is 0 Å². The Bertz CT molecular complexity index is 318. The third-order valence-electron chi connectivity index (χ3n) is 2.44. The highest BCUT2D eigenvalue weighted by Crippen LogP contribution is 2.31. The number of phenols is 1. The second-order valence-corrected chi connectivity index (χ2v) is 3.46. The van der Waals surface area contributed by atoms with Crippen LogP contribution in [0.5, 0.6) is 11.5 Å². The maximum atomic E-state index is 9.76. The molecule has 14 heavy (non-hydrogen) atoms. The second kappa shape index (κ2) is 3.88. The van der Waals surface area contributed by atoms with Crippen LogP contribution in [0.4, 0.5) is 0 Å². The number of aromatic hydroxyl groups is 1. The van der Waals surface area contributed by atoms with Crippen LogP contribution in [0.2, 0.25) is 0 Å². The molecular formula is C11H14O3. The number of phenolic OH excluding ortho intramolecular Hbond substituents is 1. The van der Waals surface area contributed by atoms with Gasteiger partial charge in [0.1, 0.15) is 0 Å². The van der Waals surface area contributed by atoms with Crippen molar-refractivity contribution >= 4 is 0 Å². The summed E-state index contributed by atoms with van der Waals surface area (Å²) in [5.41, 5.74) is 0.930. The van der Waals surface area contributed by atoms with Gasteiger partial charge in [0.25, 0.3) is 0 Å². The van der Waals surface area contributed by atoms with E-state index >= 15 is 0 Å². The number of para-hydroxylation sites is 1. The molecule has 0 aromatic heterocycles. The molecule has 0 aliphatic carbocycles. The van der Waals surface area contributed by atoms with Crippen LogP contribution in [0.3, 0.4) is 0 Å². The molecule has 0 amide bonds. The maximum Gasteiger partial charge on any atom is 0.160 e. The number of rotatable bonds is 4. The van der Waals surface area contributed by atoms with E-state index in [1.54, 1.807) is 13.2 Å².